The second-order valence-electron chi connectivity index (χ2n) is 6.41. The van der Waals surface area contributed by atoms with Crippen LogP contribution in [0.4, 0.5) is 24.5 Å². The summed E-state index contributed by atoms with van der Waals surface area (Å²) in [6.07, 6.45) is -3.70. The van der Waals surface area contributed by atoms with Gasteiger partial charge in [-0.2, -0.15) is 13.2 Å². The smallest absolute Gasteiger partial charge is 0.416 e. The first-order chi connectivity index (χ1) is 15.0. The predicted molar refractivity (Wildman–Crippen MR) is 105 cm³/mol. The molecule has 0 fully saturated rings. The first-order valence-electron chi connectivity index (χ1n) is 8.75. The molecule has 0 spiro atoms. The maximum atomic E-state index is 12.8. The lowest BCUT2D eigenvalue weighted by molar-refractivity contribution is -0.384. The van der Waals surface area contributed by atoms with Crippen molar-refractivity contribution in [2.45, 2.75) is 16.8 Å². The van der Waals surface area contributed by atoms with Gasteiger partial charge in [-0.15, -0.1) is 0 Å². The molecule has 2 N–H and O–H groups in total. The molecule has 0 saturated heterocycles. The van der Waals surface area contributed by atoms with Crippen LogP contribution >= 0.6 is 0 Å². The Balaban J connectivity index is 1.78. The SMILES string of the molecule is O=C(NNc1ccc(C(F)(F)F)cc1[N+](=O)[O-])c1occc1CS(=O)(=O)c1ccccc1. The molecule has 1 heterocycles. The van der Waals surface area contributed by atoms with Gasteiger partial charge in [0.25, 0.3) is 5.69 Å². The highest BCUT2D eigenvalue weighted by molar-refractivity contribution is 7.90. The van der Waals surface area contributed by atoms with E-state index in [1.165, 1.54) is 30.3 Å². The molecule has 32 heavy (non-hydrogen) atoms. The Hall–Kier alpha value is -3.87. The number of halogens is 3. The number of anilines is 1. The fourth-order valence-corrected chi connectivity index (χ4v) is 4.09. The fraction of sp³-hybridized carbons (Fsp3) is 0.105. The highest BCUT2D eigenvalue weighted by atomic mass is 32.2. The maximum absolute atomic E-state index is 12.8. The van der Waals surface area contributed by atoms with Crippen LogP contribution in [0.1, 0.15) is 21.7 Å². The molecular formula is C19H14F3N3O6S. The summed E-state index contributed by atoms with van der Waals surface area (Å²) < 4.78 is 68.5. The van der Waals surface area contributed by atoms with Crippen LogP contribution < -0.4 is 10.9 Å². The number of nitrogens with one attached hydrogen (secondary N) is 2. The Bertz CT molecular complexity index is 1260. The molecule has 13 heteroatoms. The molecule has 0 unspecified atom stereocenters. The number of carbonyl (C=O) groups is 1. The lowest BCUT2D eigenvalue weighted by Gasteiger charge is -2.11. The summed E-state index contributed by atoms with van der Waals surface area (Å²) in [6, 6.07) is 10.5. The molecule has 3 aromatic rings. The number of sulfone groups is 1. The Morgan fingerprint density at radius 1 is 1.09 bits per heavy atom. The largest absolute Gasteiger partial charge is 0.459 e. The molecule has 0 aliphatic rings. The first-order valence-corrected chi connectivity index (χ1v) is 10.4. The normalized spacial score (nSPS) is 11.7. The summed E-state index contributed by atoms with van der Waals surface area (Å²) >= 11 is 0. The molecule has 2 aromatic carbocycles. The molecular weight excluding hydrogens is 455 g/mol. The van der Waals surface area contributed by atoms with Crippen molar-refractivity contribution in [1.82, 2.24) is 5.43 Å². The third kappa shape index (κ3) is 5.06. The van der Waals surface area contributed by atoms with Crippen molar-refractivity contribution in [3.05, 3.63) is 87.9 Å². The quantitative estimate of drug-likeness (QED) is 0.396. The van der Waals surface area contributed by atoms with Crippen LogP contribution in [0.2, 0.25) is 0 Å². The van der Waals surface area contributed by atoms with Crippen molar-refractivity contribution in [3.8, 4) is 0 Å². The van der Waals surface area contributed by atoms with Crippen LogP contribution in [-0.4, -0.2) is 19.2 Å². The number of nitro benzene ring substituents is 1. The zero-order chi connectivity index (χ0) is 23.5. The predicted octanol–water partition coefficient (Wildman–Crippen LogP) is 3.94. The van der Waals surface area contributed by atoms with Crippen molar-refractivity contribution in [2.75, 3.05) is 5.43 Å². The molecule has 0 saturated carbocycles. The first kappa shape index (κ1) is 22.8. The van der Waals surface area contributed by atoms with E-state index in [1.807, 2.05) is 0 Å². The number of alkyl halides is 3. The van der Waals surface area contributed by atoms with Gasteiger partial charge in [-0.3, -0.25) is 25.8 Å². The molecule has 9 nitrogen and oxygen atoms in total. The molecule has 0 atom stereocenters. The molecule has 0 aliphatic heterocycles. The average Bonchev–Trinajstić information content (AvgIpc) is 3.19. The standard InChI is InChI=1S/C19H14F3N3O6S/c20-19(21,22)13-6-7-15(16(10-13)25(27)28)23-24-18(26)17-12(8-9-31-17)11-32(29,30)14-4-2-1-3-5-14/h1-10,23H,11H2,(H,24,26). The van der Waals surface area contributed by atoms with E-state index >= 15 is 0 Å². The van der Waals surface area contributed by atoms with Gasteiger partial charge in [-0.05, 0) is 30.3 Å². The van der Waals surface area contributed by atoms with Crippen molar-refractivity contribution in [1.29, 1.82) is 0 Å². The summed E-state index contributed by atoms with van der Waals surface area (Å²) in [4.78, 5) is 22.5. The van der Waals surface area contributed by atoms with E-state index in [2.05, 4.69) is 10.9 Å². The number of furan rings is 1. The van der Waals surface area contributed by atoms with E-state index in [0.717, 1.165) is 12.3 Å². The van der Waals surface area contributed by atoms with Gasteiger partial charge in [0.1, 0.15) is 5.69 Å². The lowest BCUT2D eigenvalue weighted by Crippen LogP contribution is -2.30. The van der Waals surface area contributed by atoms with Gasteiger partial charge in [0.15, 0.2) is 15.6 Å². The topological polar surface area (TPSA) is 132 Å². The number of carbonyl (C=O) groups excluding carboxylic acids is 1. The third-order valence-electron chi connectivity index (χ3n) is 4.23. The summed E-state index contributed by atoms with van der Waals surface area (Å²) in [5.74, 6) is -1.93. The van der Waals surface area contributed by atoms with E-state index in [0.29, 0.717) is 12.1 Å². The number of nitrogens with zero attached hydrogens (tertiary/aromatic N) is 1. The van der Waals surface area contributed by atoms with E-state index in [4.69, 9.17) is 4.42 Å². The van der Waals surface area contributed by atoms with Crippen molar-refractivity contribution >= 4 is 27.1 Å². The van der Waals surface area contributed by atoms with Crippen LogP contribution in [0.25, 0.3) is 0 Å². The van der Waals surface area contributed by atoms with E-state index < -0.39 is 49.5 Å². The van der Waals surface area contributed by atoms with Crippen LogP contribution in [0.5, 0.6) is 0 Å². The van der Waals surface area contributed by atoms with E-state index in [9.17, 15) is 36.5 Å². The highest BCUT2D eigenvalue weighted by Gasteiger charge is 2.33. The maximum Gasteiger partial charge on any atom is 0.416 e. The Morgan fingerprint density at radius 2 is 1.78 bits per heavy atom. The highest BCUT2D eigenvalue weighted by Crippen LogP contribution is 2.34. The fourth-order valence-electron chi connectivity index (χ4n) is 2.71. The summed E-state index contributed by atoms with van der Waals surface area (Å²) in [6.45, 7) is 0. The number of hydrogen-bond acceptors (Lipinski definition) is 7. The van der Waals surface area contributed by atoms with Crippen molar-refractivity contribution in [3.63, 3.8) is 0 Å². The number of hydrogen-bond donors (Lipinski definition) is 2. The van der Waals surface area contributed by atoms with Crippen LogP contribution in [0, 0.1) is 10.1 Å². The van der Waals surface area contributed by atoms with Crippen LogP contribution in [0.3, 0.4) is 0 Å². The Morgan fingerprint density at radius 3 is 2.41 bits per heavy atom. The lowest BCUT2D eigenvalue weighted by atomic mass is 10.1. The second-order valence-corrected chi connectivity index (χ2v) is 8.40. The molecule has 0 aliphatic carbocycles. The average molecular weight is 469 g/mol. The van der Waals surface area contributed by atoms with E-state index in [1.54, 1.807) is 6.07 Å². The van der Waals surface area contributed by atoms with Gasteiger partial charge < -0.3 is 4.42 Å². The van der Waals surface area contributed by atoms with Crippen LogP contribution in [0.15, 0.2) is 70.2 Å². The number of rotatable bonds is 7. The minimum absolute atomic E-state index is 0.0232. The van der Waals surface area contributed by atoms with E-state index in [-0.39, 0.29) is 16.2 Å². The van der Waals surface area contributed by atoms with Gasteiger partial charge >= 0.3 is 12.1 Å². The second kappa shape index (κ2) is 8.70. The number of hydrazine groups is 1. The molecule has 3 rings (SSSR count). The summed E-state index contributed by atoms with van der Waals surface area (Å²) in [5, 5.41) is 11.1. The van der Waals surface area contributed by atoms with Crippen LogP contribution in [-0.2, 0) is 21.8 Å². The minimum atomic E-state index is -4.79. The Labute approximate surface area is 178 Å². The van der Waals surface area contributed by atoms with Gasteiger partial charge in [-0.1, -0.05) is 18.2 Å². The van der Waals surface area contributed by atoms with Gasteiger partial charge in [0, 0.05) is 11.6 Å². The van der Waals surface area contributed by atoms with Gasteiger partial charge in [0.2, 0.25) is 0 Å². The number of nitro groups is 1. The van der Waals surface area contributed by atoms with Crippen molar-refractivity contribution in [2.24, 2.45) is 0 Å². The zero-order valence-corrected chi connectivity index (χ0v) is 16.7. The summed E-state index contributed by atoms with van der Waals surface area (Å²) in [7, 11) is -3.80. The van der Waals surface area contributed by atoms with Gasteiger partial charge in [-0.25, -0.2) is 8.42 Å². The molecule has 0 bridgehead atoms. The third-order valence-corrected chi connectivity index (χ3v) is 5.91. The molecule has 168 valence electrons. The monoisotopic (exact) mass is 469 g/mol. The van der Waals surface area contributed by atoms with Crippen molar-refractivity contribution < 1.29 is 35.7 Å². The number of benzene rings is 2. The minimum Gasteiger partial charge on any atom is -0.459 e. The Kier molecular flexibility index (Phi) is 6.20. The molecule has 1 amide bonds. The van der Waals surface area contributed by atoms with Gasteiger partial charge in [0.05, 0.1) is 27.4 Å². The summed E-state index contributed by atoms with van der Waals surface area (Å²) in [5.41, 5.74) is 1.67. The molecule has 0 radical (unpaired) electrons. The zero-order valence-electron chi connectivity index (χ0n) is 15.9. The molecule has 1 aromatic heterocycles. The number of amides is 1.